The number of halogens is 1. The van der Waals surface area contributed by atoms with E-state index >= 15 is 0 Å². The molecule has 0 radical (unpaired) electrons. The van der Waals surface area contributed by atoms with Crippen molar-refractivity contribution in [2.45, 2.75) is 26.4 Å². The second-order valence-electron chi connectivity index (χ2n) is 5.68. The van der Waals surface area contributed by atoms with Gasteiger partial charge in [-0.25, -0.2) is 0 Å². The molecule has 2 rings (SSSR count). The van der Waals surface area contributed by atoms with E-state index in [0.717, 1.165) is 10.0 Å². The smallest absolute Gasteiger partial charge is 0.311 e. The summed E-state index contributed by atoms with van der Waals surface area (Å²) in [7, 11) is 0. The van der Waals surface area contributed by atoms with E-state index in [1.165, 1.54) is 13.8 Å². The number of nitrogens with one attached hydrogen (secondary N) is 2. The van der Waals surface area contributed by atoms with Crippen LogP contribution in [0.2, 0.25) is 0 Å². The zero-order chi connectivity index (χ0) is 19.1. The Balaban J connectivity index is 1.85. The standard InChI is InChI=1S/C19H19BrN2O4/c1-12(26-18(24)11-14-3-5-15(20)6-4-14)19(25)22-17-9-7-16(8-10-17)21-13(2)23/h3-10,12H,11H2,1-2H3,(H,21,23)(H,22,25). The molecule has 0 bridgehead atoms. The third kappa shape index (κ3) is 6.33. The number of benzene rings is 2. The Bertz CT molecular complexity index is 788. The lowest BCUT2D eigenvalue weighted by molar-refractivity contribution is -0.152. The summed E-state index contributed by atoms with van der Waals surface area (Å²) in [4.78, 5) is 35.1. The molecule has 0 saturated carbocycles. The molecule has 0 aliphatic rings. The third-order valence-corrected chi connectivity index (χ3v) is 3.94. The largest absolute Gasteiger partial charge is 0.452 e. The fourth-order valence-electron chi connectivity index (χ4n) is 2.15. The molecule has 1 atom stereocenters. The number of ether oxygens (including phenoxy) is 1. The van der Waals surface area contributed by atoms with Crippen LogP contribution < -0.4 is 10.6 Å². The zero-order valence-electron chi connectivity index (χ0n) is 14.4. The van der Waals surface area contributed by atoms with Crippen LogP contribution >= 0.6 is 15.9 Å². The van der Waals surface area contributed by atoms with Crippen molar-refractivity contribution in [2.75, 3.05) is 10.6 Å². The summed E-state index contributed by atoms with van der Waals surface area (Å²) >= 11 is 3.33. The fourth-order valence-corrected chi connectivity index (χ4v) is 2.41. The van der Waals surface area contributed by atoms with Gasteiger partial charge in [-0.2, -0.15) is 0 Å². The normalized spacial score (nSPS) is 11.3. The third-order valence-electron chi connectivity index (χ3n) is 3.41. The molecule has 0 heterocycles. The number of carbonyl (C=O) groups excluding carboxylic acids is 3. The molecule has 0 aliphatic carbocycles. The highest BCUT2D eigenvalue weighted by atomic mass is 79.9. The topological polar surface area (TPSA) is 84.5 Å². The van der Waals surface area contributed by atoms with Crippen LogP contribution in [-0.2, 0) is 25.5 Å². The van der Waals surface area contributed by atoms with Crippen LogP contribution in [0.1, 0.15) is 19.4 Å². The van der Waals surface area contributed by atoms with Crippen molar-refractivity contribution in [1.29, 1.82) is 0 Å². The van der Waals surface area contributed by atoms with Crippen LogP contribution in [0.4, 0.5) is 11.4 Å². The van der Waals surface area contributed by atoms with E-state index in [9.17, 15) is 14.4 Å². The molecule has 0 aromatic heterocycles. The van der Waals surface area contributed by atoms with E-state index in [2.05, 4.69) is 26.6 Å². The number of esters is 1. The summed E-state index contributed by atoms with van der Waals surface area (Å²) in [5, 5.41) is 5.30. The van der Waals surface area contributed by atoms with E-state index in [4.69, 9.17) is 4.74 Å². The van der Waals surface area contributed by atoms with Gasteiger partial charge in [-0.1, -0.05) is 28.1 Å². The first-order chi connectivity index (χ1) is 12.3. The van der Waals surface area contributed by atoms with Gasteiger partial charge in [0.15, 0.2) is 6.10 Å². The average molecular weight is 419 g/mol. The number of hydrogen-bond acceptors (Lipinski definition) is 4. The summed E-state index contributed by atoms with van der Waals surface area (Å²) in [6.45, 7) is 2.93. The van der Waals surface area contributed by atoms with Gasteiger partial charge >= 0.3 is 5.97 Å². The van der Waals surface area contributed by atoms with E-state index in [1.807, 2.05) is 24.3 Å². The quantitative estimate of drug-likeness (QED) is 0.702. The van der Waals surface area contributed by atoms with Crippen molar-refractivity contribution >= 4 is 45.1 Å². The van der Waals surface area contributed by atoms with Gasteiger partial charge in [0.1, 0.15) is 0 Å². The Labute approximate surface area is 160 Å². The van der Waals surface area contributed by atoms with Gasteiger partial charge in [-0.05, 0) is 48.9 Å². The van der Waals surface area contributed by atoms with Crippen molar-refractivity contribution in [3.63, 3.8) is 0 Å². The lowest BCUT2D eigenvalue weighted by Crippen LogP contribution is -2.30. The van der Waals surface area contributed by atoms with Crippen molar-refractivity contribution in [2.24, 2.45) is 0 Å². The summed E-state index contributed by atoms with van der Waals surface area (Å²) in [6.07, 6.45) is -0.830. The van der Waals surface area contributed by atoms with Gasteiger partial charge in [0.25, 0.3) is 5.91 Å². The SMILES string of the molecule is CC(=O)Nc1ccc(NC(=O)C(C)OC(=O)Cc2ccc(Br)cc2)cc1. The molecule has 2 aromatic carbocycles. The number of rotatable bonds is 6. The number of anilines is 2. The molecule has 136 valence electrons. The molecule has 1 unspecified atom stereocenters. The molecule has 2 aromatic rings. The van der Waals surface area contributed by atoms with E-state index in [1.54, 1.807) is 24.3 Å². The summed E-state index contributed by atoms with van der Waals surface area (Å²) < 4.78 is 6.10. The Morgan fingerprint density at radius 2 is 1.50 bits per heavy atom. The predicted molar refractivity (Wildman–Crippen MR) is 103 cm³/mol. The van der Waals surface area contributed by atoms with Crippen LogP contribution in [0.5, 0.6) is 0 Å². The minimum absolute atomic E-state index is 0.0936. The van der Waals surface area contributed by atoms with Gasteiger partial charge in [0.05, 0.1) is 6.42 Å². The molecule has 0 spiro atoms. The molecule has 0 saturated heterocycles. The van der Waals surface area contributed by atoms with Gasteiger partial charge < -0.3 is 15.4 Å². The first-order valence-electron chi connectivity index (χ1n) is 7.96. The number of carbonyl (C=O) groups is 3. The molecule has 6 nitrogen and oxygen atoms in total. The second kappa shape index (κ2) is 9.15. The van der Waals surface area contributed by atoms with Crippen LogP contribution in [0, 0.1) is 0 Å². The van der Waals surface area contributed by atoms with Crippen LogP contribution in [0.3, 0.4) is 0 Å². The van der Waals surface area contributed by atoms with E-state index in [0.29, 0.717) is 11.4 Å². The highest BCUT2D eigenvalue weighted by molar-refractivity contribution is 9.10. The van der Waals surface area contributed by atoms with Gasteiger partial charge in [-0.15, -0.1) is 0 Å². The lowest BCUT2D eigenvalue weighted by atomic mass is 10.1. The second-order valence-corrected chi connectivity index (χ2v) is 6.60. The Hall–Kier alpha value is -2.67. The molecular formula is C19H19BrN2O4. The zero-order valence-corrected chi connectivity index (χ0v) is 16.0. The first kappa shape index (κ1) is 19.7. The predicted octanol–water partition coefficient (Wildman–Crippen LogP) is 3.52. The Kier molecular flexibility index (Phi) is 6.91. The van der Waals surface area contributed by atoms with Gasteiger partial charge in [0, 0.05) is 22.8 Å². The summed E-state index contributed by atoms with van der Waals surface area (Å²) in [5.41, 5.74) is 1.98. The van der Waals surface area contributed by atoms with Gasteiger partial charge in [0.2, 0.25) is 5.91 Å². The van der Waals surface area contributed by atoms with Crippen LogP contribution in [0.25, 0.3) is 0 Å². The minimum atomic E-state index is -0.923. The fraction of sp³-hybridized carbons (Fsp3) is 0.211. The molecular weight excluding hydrogens is 400 g/mol. The highest BCUT2D eigenvalue weighted by Gasteiger charge is 2.18. The number of hydrogen-bond donors (Lipinski definition) is 2. The Morgan fingerprint density at radius 3 is 2.04 bits per heavy atom. The summed E-state index contributed by atoms with van der Waals surface area (Å²) in [5.74, 6) is -1.08. The average Bonchev–Trinajstić information content (AvgIpc) is 2.58. The van der Waals surface area contributed by atoms with E-state index < -0.39 is 18.0 Å². The van der Waals surface area contributed by atoms with E-state index in [-0.39, 0.29) is 12.3 Å². The van der Waals surface area contributed by atoms with Gasteiger partial charge in [-0.3, -0.25) is 14.4 Å². The molecule has 2 N–H and O–H groups in total. The maximum Gasteiger partial charge on any atom is 0.311 e. The molecule has 0 fully saturated rings. The molecule has 7 heteroatoms. The van der Waals surface area contributed by atoms with Crippen molar-refractivity contribution in [3.8, 4) is 0 Å². The van der Waals surface area contributed by atoms with Crippen LogP contribution in [0.15, 0.2) is 53.0 Å². The van der Waals surface area contributed by atoms with Crippen molar-refractivity contribution in [3.05, 3.63) is 58.6 Å². The summed E-state index contributed by atoms with van der Waals surface area (Å²) in [6, 6.07) is 13.9. The Morgan fingerprint density at radius 1 is 0.962 bits per heavy atom. The maximum absolute atomic E-state index is 12.1. The number of amides is 2. The minimum Gasteiger partial charge on any atom is -0.452 e. The van der Waals surface area contributed by atoms with Crippen molar-refractivity contribution in [1.82, 2.24) is 0 Å². The monoisotopic (exact) mass is 418 g/mol. The molecule has 26 heavy (non-hydrogen) atoms. The highest BCUT2D eigenvalue weighted by Crippen LogP contribution is 2.15. The molecule has 2 amide bonds. The lowest BCUT2D eigenvalue weighted by Gasteiger charge is -2.14. The molecule has 0 aliphatic heterocycles. The van der Waals surface area contributed by atoms with Crippen LogP contribution in [-0.4, -0.2) is 23.9 Å². The van der Waals surface area contributed by atoms with Crippen molar-refractivity contribution < 1.29 is 19.1 Å². The first-order valence-corrected chi connectivity index (χ1v) is 8.75. The maximum atomic E-state index is 12.1.